The summed E-state index contributed by atoms with van der Waals surface area (Å²) in [6, 6.07) is 12.1. The van der Waals surface area contributed by atoms with Crippen molar-refractivity contribution in [3.05, 3.63) is 68.7 Å². The summed E-state index contributed by atoms with van der Waals surface area (Å²) in [5, 5.41) is 14.0. The van der Waals surface area contributed by atoms with Crippen molar-refractivity contribution in [2.24, 2.45) is 17.8 Å². The first-order chi connectivity index (χ1) is 13.9. The molecule has 4 aliphatic rings. The predicted octanol–water partition coefficient (Wildman–Crippen LogP) is 5.97. The average molecular weight is 411 g/mol. The largest absolute Gasteiger partial charge is 0.322 e. The molecule has 0 aliphatic heterocycles. The number of nitrogens with zero attached hydrogens (tertiary/aromatic N) is 1. The van der Waals surface area contributed by atoms with E-state index >= 15 is 0 Å². The van der Waals surface area contributed by atoms with Gasteiger partial charge in [-0.05, 0) is 85.5 Å². The molecule has 150 valence electrons. The molecular weight excluding hydrogens is 388 g/mol. The first kappa shape index (κ1) is 18.6. The maximum atomic E-state index is 12.6. The Bertz CT molecular complexity index is 951. The molecule has 0 aromatic heterocycles. The maximum absolute atomic E-state index is 12.6. The number of hydrogen-bond acceptors (Lipinski definition) is 3. The first-order valence-corrected chi connectivity index (χ1v) is 10.7. The Hall–Kier alpha value is -2.40. The number of nitro benzene ring substituents is 1. The van der Waals surface area contributed by atoms with Gasteiger partial charge in [0.1, 0.15) is 0 Å². The Morgan fingerprint density at radius 2 is 1.59 bits per heavy atom. The molecule has 2 aromatic carbocycles. The summed E-state index contributed by atoms with van der Waals surface area (Å²) in [5.74, 6) is 2.21. The number of carbonyl (C=O) groups is 1. The molecule has 0 unspecified atom stereocenters. The van der Waals surface area contributed by atoms with Gasteiger partial charge in [0.05, 0.1) is 15.5 Å². The highest BCUT2D eigenvalue weighted by Gasteiger charge is 2.51. The van der Waals surface area contributed by atoms with Crippen molar-refractivity contribution in [1.29, 1.82) is 0 Å². The van der Waals surface area contributed by atoms with Crippen LogP contribution in [0.15, 0.2) is 42.5 Å². The van der Waals surface area contributed by atoms with Crippen LogP contribution in [0.25, 0.3) is 0 Å². The van der Waals surface area contributed by atoms with Crippen LogP contribution < -0.4 is 5.32 Å². The highest BCUT2D eigenvalue weighted by atomic mass is 35.5. The van der Waals surface area contributed by atoms with Gasteiger partial charge in [0.15, 0.2) is 0 Å². The highest BCUT2D eigenvalue weighted by Crippen LogP contribution is 2.60. The van der Waals surface area contributed by atoms with Crippen molar-refractivity contribution in [3.8, 4) is 0 Å². The van der Waals surface area contributed by atoms with Gasteiger partial charge in [-0.25, -0.2) is 0 Å². The number of non-ortho nitro benzene ring substituents is 1. The molecule has 1 amide bonds. The Kier molecular flexibility index (Phi) is 4.39. The fraction of sp³-hybridized carbons (Fsp3) is 0.435. The highest BCUT2D eigenvalue weighted by molar-refractivity contribution is 6.34. The SMILES string of the molecule is O=C(Nc1ccc(C23CC4CC(CC(C4)C2)C3)cc1)c1cc([N+](=O)[O-])ccc1Cl. The van der Waals surface area contributed by atoms with Gasteiger partial charge in [-0.1, -0.05) is 23.7 Å². The van der Waals surface area contributed by atoms with Crippen LogP contribution in [0, 0.1) is 27.9 Å². The van der Waals surface area contributed by atoms with Gasteiger partial charge >= 0.3 is 0 Å². The summed E-state index contributed by atoms with van der Waals surface area (Å²) in [6.45, 7) is 0. The van der Waals surface area contributed by atoms with E-state index in [2.05, 4.69) is 17.4 Å². The quantitative estimate of drug-likeness (QED) is 0.498. The lowest BCUT2D eigenvalue weighted by Gasteiger charge is -2.57. The Labute approximate surface area is 174 Å². The van der Waals surface area contributed by atoms with Crippen molar-refractivity contribution in [3.63, 3.8) is 0 Å². The number of rotatable bonds is 4. The van der Waals surface area contributed by atoms with E-state index in [-0.39, 0.29) is 16.3 Å². The van der Waals surface area contributed by atoms with E-state index in [1.165, 1.54) is 62.3 Å². The Morgan fingerprint density at radius 3 is 2.14 bits per heavy atom. The van der Waals surface area contributed by atoms with Crippen LogP contribution >= 0.6 is 11.6 Å². The molecular formula is C23H23ClN2O3. The molecule has 1 N–H and O–H groups in total. The van der Waals surface area contributed by atoms with Gasteiger partial charge in [0, 0.05) is 17.8 Å². The summed E-state index contributed by atoms with van der Waals surface area (Å²) in [6.07, 6.45) is 8.14. The summed E-state index contributed by atoms with van der Waals surface area (Å²) < 4.78 is 0. The van der Waals surface area contributed by atoms with Gasteiger partial charge in [0.2, 0.25) is 0 Å². The number of halogens is 1. The summed E-state index contributed by atoms with van der Waals surface area (Å²) in [5.41, 5.74) is 2.33. The lowest BCUT2D eigenvalue weighted by atomic mass is 9.48. The number of hydrogen-bond donors (Lipinski definition) is 1. The van der Waals surface area contributed by atoms with Crippen LogP contribution in [0.2, 0.25) is 5.02 Å². The van der Waals surface area contributed by atoms with Crippen LogP contribution in [-0.4, -0.2) is 10.8 Å². The van der Waals surface area contributed by atoms with E-state index in [1.807, 2.05) is 12.1 Å². The number of amides is 1. The third kappa shape index (κ3) is 3.31. The standard InChI is InChI=1S/C23H23ClN2O3/c24-21-6-5-19(26(28)29)10-20(21)22(27)25-18-3-1-17(2-4-18)23-11-14-7-15(12-23)9-16(8-14)13-23/h1-6,10,14-16H,7-9,11-13H2,(H,25,27). The van der Waals surface area contributed by atoms with E-state index in [1.54, 1.807) is 0 Å². The molecule has 6 heteroatoms. The summed E-state index contributed by atoms with van der Waals surface area (Å²) >= 11 is 6.08. The Morgan fingerprint density at radius 1 is 1.00 bits per heavy atom. The number of nitrogens with one attached hydrogen (secondary N) is 1. The second kappa shape index (κ2) is 6.84. The Balaban J connectivity index is 1.35. The molecule has 0 radical (unpaired) electrons. The molecule has 0 saturated heterocycles. The lowest BCUT2D eigenvalue weighted by Crippen LogP contribution is -2.48. The van der Waals surface area contributed by atoms with Gasteiger partial charge < -0.3 is 5.32 Å². The minimum absolute atomic E-state index is 0.103. The minimum Gasteiger partial charge on any atom is -0.322 e. The second-order valence-corrected chi connectivity index (χ2v) is 9.56. The molecule has 4 bridgehead atoms. The molecule has 29 heavy (non-hydrogen) atoms. The predicted molar refractivity (Wildman–Crippen MR) is 112 cm³/mol. The molecule has 6 rings (SSSR count). The average Bonchev–Trinajstić information content (AvgIpc) is 2.67. The second-order valence-electron chi connectivity index (χ2n) is 9.15. The molecule has 0 heterocycles. The van der Waals surface area contributed by atoms with Gasteiger partial charge in [-0.3, -0.25) is 14.9 Å². The molecule has 0 atom stereocenters. The van der Waals surface area contributed by atoms with Crippen LogP contribution in [-0.2, 0) is 5.41 Å². The van der Waals surface area contributed by atoms with E-state index in [9.17, 15) is 14.9 Å². The van der Waals surface area contributed by atoms with Crippen molar-refractivity contribution in [2.45, 2.75) is 43.9 Å². The zero-order chi connectivity index (χ0) is 20.2. The summed E-state index contributed by atoms with van der Waals surface area (Å²) in [4.78, 5) is 23.0. The molecule has 0 spiro atoms. The number of benzene rings is 2. The zero-order valence-electron chi connectivity index (χ0n) is 16.1. The van der Waals surface area contributed by atoms with E-state index in [4.69, 9.17) is 11.6 Å². The minimum atomic E-state index is -0.534. The van der Waals surface area contributed by atoms with Crippen molar-refractivity contribution in [2.75, 3.05) is 5.32 Å². The topological polar surface area (TPSA) is 72.2 Å². The van der Waals surface area contributed by atoms with Crippen LogP contribution in [0.5, 0.6) is 0 Å². The van der Waals surface area contributed by atoms with Crippen molar-refractivity contribution in [1.82, 2.24) is 0 Å². The number of carbonyl (C=O) groups excluding carboxylic acids is 1. The first-order valence-electron chi connectivity index (χ1n) is 10.3. The molecule has 4 fully saturated rings. The fourth-order valence-corrected chi connectivity index (χ4v) is 6.57. The van der Waals surface area contributed by atoms with Crippen LogP contribution in [0.4, 0.5) is 11.4 Å². The smallest absolute Gasteiger partial charge is 0.270 e. The third-order valence-electron chi connectivity index (χ3n) is 7.20. The van der Waals surface area contributed by atoms with Crippen molar-refractivity contribution < 1.29 is 9.72 Å². The van der Waals surface area contributed by atoms with E-state index in [0.717, 1.165) is 17.8 Å². The van der Waals surface area contributed by atoms with E-state index in [0.29, 0.717) is 11.1 Å². The lowest BCUT2D eigenvalue weighted by molar-refractivity contribution is -0.384. The summed E-state index contributed by atoms with van der Waals surface area (Å²) in [7, 11) is 0. The third-order valence-corrected chi connectivity index (χ3v) is 7.53. The van der Waals surface area contributed by atoms with Crippen LogP contribution in [0.1, 0.15) is 54.4 Å². The van der Waals surface area contributed by atoms with Crippen molar-refractivity contribution >= 4 is 28.9 Å². The van der Waals surface area contributed by atoms with Crippen LogP contribution in [0.3, 0.4) is 0 Å². The fourth-order valence-electron chi connectivity index (χ4n) is 6.37. The van der Waals surface area contributed by atoms with Gasteiger partial charge in [0.25, 0.3) is 11.6 Å². The normalized spacial score (nSPS) is 29.6. The van der Waals surface area contributed by atoms with Gasteiger partial charge in [-0.2, -0.15) is 0 Å². The zero-order valence-corrected chi connectivity index (χ0v) is 16.8. The molecule has 2 aromatic rings. The molecule has 4 aliphatic carbocycles. The maximum Gasteiger partial charge on any atom is 0.270 e. The molecule has 4 saturated carbocycles. The van der Waals surface area contributed by atoms with Gasteiger partial charge in [-0.15, -0.1) is 0 Å². The molecule has 5 nitrogen and oxygen atoms in total. The monoisotopic (exact) mass is 410 g/mol. The number of nitro groups is 1. The number of anilines is 1. The van der Waals surface area contributed by atoms with E-state index < -0.39 is 10.8 Å².